The number of amides is 1. The normalized spacial score (nSPS) is 22.3. The van der Waals surface area contributed by atoms with Gasteiger partial charge in [0, 0.05) is 29.8 Å². The average molecular weight is 291 g/mol. The fourth-order valence-corrected chi connectivity index (χ4v) is 3.18. The zero-order valence-electron chi connectivity index (χ0n) is 13.0. The Balaban J connectivity index is 2.07. The molecule has 116 valence electrons. The third-order valence-corrected chi connectivity index (χ3v) is 4.54. The molecule has 2 N–H and O–H groups in total. The van der Waals surface area contributed by atoms with Gasteiger partial charge in [-0.15, -0.1) is 6.58 Å². The van der Waals surface area contributed by atoms with Crippen LogP contribution in [0.2, 0.25) is 0 Å². The number of nitrogens with zero attached hydrogens (tertiary/aromatic N) is 2. The number of rotatable bonds is 5. The van der Waals surface area contributed by atoms with E-state index >= 15 is 0 Å². The molecule has 0 spiro atoms. The number of piperidine rings is 1. The van der Waals surface area contributed by atoms with Crippen molar-refractivity contribution >= 4 is 5.91 Å². The lowest BCUT2D eigenvalue weighted by molar-refractivity contribution is -0.134. The van der Waals surface area contributed by atoms with E-state index in [4.69, 9.17) is 0 Å². The summed E-state index contributed by atoms with van der Waals surface area (Å²) in [5.41, 5.74) is 2.62. The Kier molecular flexibility index (Phi) is 4.83. The van der Waals surface area contributed by atoms with Crippen molar-refractivity contribution in [1.82, 2.24) is 15.1 Å². The summed E-state index contributed by atoms with van der Waals surface area (Å²) < 4.78 is 0. The first-order chi connectivity index (χ1) is 10.0. The zero-order chi connectivity index (χ0) is 15.5. The number of likely N-dealkylation sites (tertiary alicyclic amines) is 1. The molecule has 0 saturated carbocycles. The smallest absolute Gasteiger partial charge is 0.227 e. The number of aromatic amines is 1. The summed E-state index contributed by atoms with van der Waals surface area (Å²) in [5.74, 6) is 0.115. The summed E-state index contributed by atoms with van der Waals surface area (Å²) in [4.78, 5) is 14.4. The van der Waals surface area contributed by atoms with Gasteiger partial charge >= 0.3 is 0 Å². The molecule has 1 aromatic rings. The molecule has 5 heteroatoms. The number of H-pyrrole nitrogens is 1. The number of hydrogen-bond acceptors (Lipinski definition) is 3. The van der Waals surface area contributed by atoms with Gasteiger partial charge in [-0.3, -0.25) is 9.89 Å². The van der Waals surface area contributed by atoms with Crippen LogP contribution in [0.25, 0.3) is 0 Å². The monoisotopic (exact) mass is 291 g/mol. The molecule has 0 aromatic carbocycles. The lowest BCUT2D eigenvalue weighted by Gasteiger charge is -2.41. The summed E-state index contributed by atoms with van der Waals surface area (Å²) in [5, 5.41) is 16.8. The lowest BCUT2D eigenvalue weighted by atomic mass is 9.77. The van der Waals surface area contributed by atoms with Crippen molar-refractivity contribution in [2.45, 2.75) is 39.5 Å². The Morgan fingerprint density at radius 2 is 2.33 bits per heavy atom. The van der Waals surface area contributed by atoms with E-state index in [1.807, 2.05) is 24.8 Å². The first-order valence-electron chi connectivity index (χ1n) is 7.51. The van der Waals surface area contributed by atoms with Crippen LogP contribution in [-0.2, 0) is 11.2 Å². The maximum absolute atomic E-state index is 12.6. The standard InChI is InChI=1S/C16H25N3O2/c1-4-6-16(11-20)7-5-8-19(10-16)15(21)9-14-12(2)17-18-13(14)3/h4,20H,1,5-11H2,2-3H3,(H,17,18)/t16-/m0/s1. The van der Waals surface area contributed by atoms with Crippen molar-refractivity contribution in [3.05, 3.63) is 29.6 Å². The molecule has 0 aliphatic carbocycles. The van der Waals surface area contributed by atoms with Crippen molar-refractivity contribution in [2.75, 3.05) is 19.7 Å². The molecule has 0 unspecified atom stereocenters. The number of aliphatic hydroxyl groups is 1. The van der Waals surface area contributed by atoms with Gasteiger partial charge in [-0.2, -0.15) is 5.10 Å². The van der Waals surface area contributed by atoms with Crippen molar-refractivity contribution in [2.24, 2.45) is 5.41 Å². The number of aryl methyl sites for hydroxylation is 2. The third-order valence-electron chi connectivity index (χ3n) is 4.54. The Labute approximate surface area is 126 Å². The van der Waals surface area contributed by atoms with Crippen LogP contribution < -0.4 is 0 Å². The van der Waals surface area contributed by atoms with E-state index in [0.29, 0.717) is 13.0 Å². The highest BCUT2D eigenvalue weighted by molar-refractivity contribution is 5.79. The molecule has 2 heterocycles. The number of allylic oxidation sites excluding steroid dienone is 1. The Bertz CT molecular complexity index is 504. The maximum Gasteiger partial charge on any atom is 0.227 e. The molecule has 2 rings (SSSR count). The van der Waals surface area contributed by atoms with E-state index in [1.54, 1.807) is 0 Å². The highest BCUT2D eigenvalue weighted by Gasteiger charge is 2.35. The fraction of sp³-hybridized carbons (Fsp3) is 0.625. The van der Waals surface area contributed by atoms with Gasteiger partial charge in [0.05, 0.1) is 18.7 Å². The molecule has 1 aliphatic rings. The van der Waals surface area contributed by atoms with Gasteiger partial charge in [-0.1, -0.05) is 6.08 Å². The number of nitrogens with one attached hydrogen (secondary N) is 1. The van der Waals surface area contributed by atoms with Gasteiger partial charge in [0.1, 0.15) is 0 Å². The second-order valence-corrected chi connectivity index (χ2v) is 6.16. The molecular formula is C16H25N3O2. The summed E-state index contributed by atoms with van der Waals surface area (Å²) >= 11 is 0. The van der Waals surface area contributed by atoms with Crippen LogP contribution in [0.3, 0.4) is 0 Å². The van der Waals surface area contributed by atoms with Crippen LogP contribution in [0.5, 0.6) is 0 Å². The van der Waals surface area contributed by atoms with Crippen LogP contribution in [-0.4, -0.2) is 45.8 Å². The molecule has 1 atom stereocenters. The minimum atomic E-state index is -0.212. The minimum Gasteiger partial charge on any atom is -0.396 e. The number of carbonyl (C=O) groups is 1. The molecule has 0 bridgehead atoms. The highest BCUT2D eigenvalue weighted by Crippen LogP contribution is 2.33. The highest BCUT2D eigenvalue weighted by atomic mass is 16.3. The van der Waals surface area contributed by atoms with E-state index in [9.17, 15) is 9.90 Å². The molecule has 1 amide bonds. The second-order valence-electron chi connectivity index (χ2n) is 6.16. The SMILES string of the molecule is C=CC[C@]1(CO)CCCN(C(=O)Cc2c(C)n[nH]c2C)C1. The number of aromatic nitrogens is 2. The van der Waals surface area contributed by atoms with E-state index in [2.05, 4.69) is 16.8 Å². The molecular weight excluding hydrogens is 266 g/mol. The quantitative estimate of drug-likeness (QED) is 0.812. The zero-order valence-corrected chi connectivity index (χ0v) is 13.0. The van der Waals surface area contributed by atoms with Gasteiger partial charge < -0.3 is 10.0 Å². The molecule has 0 radical (unpaired) electrons. The van der Waals surface area contributed by atoms with Crippen molar-refractivity contribution in [3.63, 3.8) is 0 Å². The van der Waals surface area contributed by atoms with Crippen LogP contribution in [0, 0.1) is 19.3 Å². The maximum atomic E-state index is 12.6. The van der Waals surface area contributed by atoms with Gasteiger partial charge in [0.25, 0.3) is 0 Å². The predicted octanol–water partition coefficient (Wildman–Crippen LogP) is 1.75. The first kappa shape index (κ1) is 15.8. The fourth-order valence-electron chi connectivity index (χ4n) is 3.18. The number of carbonyl (C=O) groups excluding carboxylic acids is 1. The van der Waals surface area contributed by atoms with E-state index in [0.717, 1.165) is 42.8 Å². The summed E-state index contributed by atoms with van der Waals surface area (Å²) in [7, 11) is 0. The Hall–Kier alpha value is -1.62. The molecule has 5 nitrogen and oxygen atoms in total. The summed E-state index contributed by atoms with van der Waals surface area (Å²) in [6, 6.07) is 0. The third kappa shape index (κ3) is 3.35. The van der Waals surface area contributed by atoms with Crippen molar-refractivity contribution < 1.29 is 9.90 Å². The van der Waals surface area contributed by atoms with Crippen LogP contribution in [0.1, 0.15) is 36.2 Å². The van der Waals surface area contributed by atoms with Gasteiger partial charge in [0.15, 0.2) is 0 Å². The number of hydrogen-bond donors (Lipinski definition) is 2. The molecule has 1 fully saturated rings. The minimum absolute atomic E-state index is 0.104. The van der Waals surface area contributed by atoms with Crippen LogP contribution >= 0.6 is 0 Å². The Morgan fingerprint density at radius 3 is 2.90 bits per heavy atom. The largest absolute Gasteiger partial charge is 0.396 e. The summed E-state index contributed by atoms with van der Waals surface area (Å²) in [6.45, 7) is 9.12. The lowest BCUT2D eigenvalue weighted by Crippen LogP contribution is -2.48. The van der Waals surface area contributed by atoms with Gasteiger partial charge in [-0.25, -0.2) is 0 Å². The summed E-state index contributed by atoms with van der Waals surface area (Å²) in [6.07, 6.45) is 4.85. The van der Waals surface area contributed by atoms with E-state index < -0.39 is 0 Å². The van der Waals surface area contributed by atoms with E-state index in [-0.39, 0.29) is 17.9 Å². The molecule has 1 aliphatic heterocycles. The van der Waals surface area contributed by atoms with Crippen LogP contribution in [0.4, 0.5) is 0 Å². The van der Waals surface area contributed by atoms with Gasteiger partial charge in [0.2, 0.25) is 5.91 Å². The van der Waals surface area contributed by atoms with Crippen molar-refractivity contribution in [1.29, 1.82) is 0 Å². The first-order valence-corrected chi connectivity index (χ1v) is 7.51. The van der Waals surface area contributed by atoms with Gasteiger partial charge in [-0.05, 0) is 33.1 Å². The average Bonchev–Trinajstić information content (AvgIpc) is 2.79. The topological polar surface area (TPSA) is 69.2 Å². The Morgan fingerprint density at radius 1 is 1.57 bits per heavy atom. The molecule has 21 heavy (non-hydrogen) atoms. The van der Waals surface area contributed by atoms with E-state index in [1.165, 1.54) is 0 Å². The van der Waals surface area contributed by atoms with Crippen LogP contribution in [0.15, 0.2) is 12.7 Å². The molecule has 1 saturated heterocycles. The number of aliphatic hydroxyl groups excluding tert-OH is 1. The molecule has 1 aromatic heterocycles. The second kappa shape index (κ2) is 6.43. The van der Waals surface area contributed by atoms with Crippen molar-refractivity contribution in [3.8, 4) is 0 Å². The predicted molar refractivity (Wildman–Crippen MR) is 81.9 cm³/mol.